The standard InChI is InChI=1S/C23H24ClN5O3S/c1-3-29-20(14-25-21(30)12-11-16-7-4-5-10-19(16)24)27-28-23(29)33-15-22(31)26-17-8-6-9-18(13-17)32-2/h4-13H,3,14-15H2,1-2H3,(H,25,30)(H,26,31)/b12-11+. The maximum Gasteiger partial charge on any atom is 0.244 e. The van der Waals surface area contributed by atoms with Gasteiger partial charge >= 0.3 is 0 Å². The second-order valence-corrected chi connectivity index (χ2v) is 8.13. The predicted molar refractivity (Wildman–Crippen MR) is 130 cm³/mol. The maximum atomic E-state index is 12.3. The van der Waals surface area contributed by atoms with Crippen LogP contribution in [0.4, 0.5) is 5.69 Å². The van der Waals surface area contributed by atoms with E-state index in [0.29, 0.717) is 34.0 Å². The SMILES string of the molecule is CCn1c(CNC(=O)/C=C/c2ccccc2Cl)nnc1SCC(=O)Nc1cccc(OC)c1. The third kappa shape index (κ3) is 7.10. The molecule has 0 aliphatic rings. The number of halogens is 1. The largest absolute Gasteiger partial charge is 0.497 e. The number of methoxy groups -OCH3 is 1. The highest BCUT2D eigenvalue weighted by Crippen LogP contribution is 2.20. The first-order chi connectivity index (χ1) is 16.0. The minimum Gasteiger partial charge on any atom is -0.497 e. The van der Waals surface area contributed by atoms with Gasteiger partial charge in [-0.2, -0.15) is 0 Å². The van der Waals surface area contributed by atoms with Gasteiger partial charge in [-0.25, -0.2) is 0 Å². The van der Waals surface area contributed by atoms with Crippen LogP contribution in [0.1, 0.15) is 18.3 Å². The van der Waals surface area contributed by atoms with Crippen molar-refractivity contribution in [2.45, 2.75) is 25.2 Å². The van der Waals surface area contributed by atoms with Gasteiger partial charge in [0.1, 0.15) is 5.75 Å². The number of rotatable bonds is 10. The molecule has 0 bridgehead atoms. The van der Waals surface area contributed by atoms with Crippen LogP contribution in [0.5, 0.6) is 5.75 Å². The summed E-state index contributed by atoms with van der Waals surface area (Å²) in [4.78, 5) is 24.5. The third-order valence-electron chi connectivity index (χ3n) is 4.54. The van der Waals surface area contributed by atoms with E-state index in [0.717, 1.165) is 5.56 Å². The molecule has 172 valence electrons. The maximum absolute atomic E-state index is 12.3. The van der Waals surface area contributed by atoms with Crippen molar-refractivity contribution in [3.05, 3.63) is 71.0 Å². The quantitative estimate of drug-likeness (QED) is 0.332. The van der Waals surface area contributed by atoms with E-state index in [9.17, 15) is 9.59 Å². The van der Waals surface area contributed by atoms with E-state index >= 15 is 0 Å². The van der Waals surface area contributed by atoms with Crippen molar-refractivity contribution in [2.24, 2.45) is 0 Å². The molecule has 0 saturated heterocycles. The molecule has 33 heavy (non-hydrogen) atoms. The number of thioether (sulfide) groups is 1. The zero-order chi connectivity index (χ0) is 23.6. The summed E-state index contributed by atoms with van der Waals surface area (Å²) in [6.07, 6.45) is 3.08. The molecule has 0 saturated carbocycles. The number of ether oxygens (including phenoxy) is 1. The Morgan fingerprint density at radius 3 is 2.76 bits per heavy atom. The lowest BCUT2D eigenvalue weighted by Crippen LogP contribution is -2.22. The number of carbonyl (C=O) groups is 2. The van der Waals surface area contributed by atoms with Crippen LogP contribution in [-0.4, -0.2) is 39.4 Å². The van der Waals surface area contributed by atoms with Crippen molar-refractivity contribution in [3.8, 4) is 5.75 Å². The van der Waals surface area contributed by atoms with Crippen LogP contribution in [0.2, 0.25) is 5.02 Å². The fraction of sp³-hybridized carbons (Fsp3) is 0.217. The number of amides is 2. The van der Waals surface area contributed by atoms with E-state index < -0.39 is 0 Å². The molecule has 8 nitrogen and oxygen atoms in total. The van der Waals surface area contributed by atoms with Crippen LogP contribution in [0.15, 0.2) is 59.8 Å². The molecule has 2 amide bonds. The Hall–Kier alpha value is -3.30. The molecule has 0 aliphatic carbocycles. The van der Waals surface area contributed by atoms with E-state index in [1.807, 2.05) is 29.7 Å². The van der Waals surface area contributed by atoms with Gasteiger partial charge in [0.25, 0.3) is 0 Å². The zero-order valence-corrected chi connectivity index (χ0v) is 19.8. The second kappa shape index (κ2) is 12.1. The van der Waals surface area contributed by atoms with Crippen molar-refractivity contribution in [2.75, 3.05) is 18.2 Å². The smallest absolute Gasteiger partial charge is 0.244 e. The molecule has 0 unspecified atom stereocenters. The number of aromatic nitrogens is 3. The van der Waals surface area contributed by atoms with Gasteiger partial charge in [-0.05, 0) is 36.8 Å². The molecule has 0 aliphatic heterocycles. The van der Waals surface area contributed by atoms with Gasteiger partial charge in [0.05, 0.1) is 19.4 Å². The summed E-state index contributed by atoms with van der Waals surface area (Å²) < 4.78 is 7.03. The van der Waals surface area contributed by atoms with E-state index in [4.69, 9.17) is 16.3 Å². The summed E-state index contributed by atoms with van der Waals surface area (Å²) >= 11 is 7.37. The van der Waals surface area contributed by atoms with Crippen molar-refractivity contribution < 1.29 is 14.3 Å². The lowest BCUT2D eigenvalue weighted by atomic mass is 10.2. The first kappa shape index (κ1) is 24.3. The first-order valence-corrected chi connectivity index (χ1v) is 11.6. The van der Waals surface area contributed by atoms with E-state index in [1.54, 1.807) is 43.5 Å². The number of nitrogens with zero attached hydrogens (tertiary/aromatic N) is 3. The molecule has 1 heterocycles. The average molecular weight is 486 g/mol. The highest BCUT2D eigenvalue weighted by molar-refractivity contribution is 7.99. The van der Waals surface area contributed by atoms with Crippen LogP contribution in [0, 0.1) is 0 Å². The Labute approximate surface area is 201 Å². The second-order valence-electron chi connectivity index (χ2n) is 6.78. The molecular formula is C23H24ClN5O3S. The van der Waals surface area contributed by atoms with E-state index in [1.165, 1.54) is 17.8 Å². The first-order valence-electron chi connectivity index (χ1n) is 10.2. The molecule has 3 rings (SSSR count). The van der Waals surface area contributed by atoms with Gasteiger partial charge in [-0.3, -0.25) is 9.59 Å². The number of benzene rings is 2. The van der Waals surface area contributed by atoms with Crippen molar-refractivity contribution >= 4 is 46.9 Å². The molecular weight excluding hydrogens is 462 g/mol. The van der Waals surface area contributed by atoms with Crippen LogP contribution in [-0.2, 0) is 22.7 Å². The Morgan fingerprint density at radius 1 is 1.18 bits per heavy atom. The van der Waals surface area contributed by atoms with E-state index in [2.05, 4.69) is 20.8 Å². The fourth-order valence-electron chi connectivity index (χ4n) is 2.90. The van der Waals surface area contributed by atoms with Crippen molar-refractivity contribution in [3.63, 3.8) is 0 Å². The number of nitrogens with one attached hydrogen (secondary N) is 2. The van der Waals surface area contributed by atoms with Crippen LogP contribution < -0.4 is 15.4 Å². The minimum atomic E-state index is -0.271. The number of carbonyl (C=O) groups excluding carboxylic acids is 2. The molecule has 10 heteroatoms. The third-order valence-corrected chi connectivity index (χ3v) is 5.85. The number of hydrogen-bond acceptors (Lipinski definition) is 6. The molecule has 0 radical (unpaired) electrons. The Bertz CT molecular complexity index is 1150. The lowest BCUT2D eigenvalue weighted by molar-refractivity contribution is -0.116. The molecule has 0 spiro atoms. The molecule has 0 fully saturated rings. The normalized spacial score (nSPS) is 10.9. The zero-order valence-electron chi connectivity index (χ0n) is 18.2. The van der Waals surface area contributed by atoms with Crippen molar-refractivity contribution in [1.82, 2.24) is 20.1 Å². The highest BCUT2D eigenvalue weighted by atomic mass is 35.5. The molecule has 2 aromatic carbocycles. The van der Waals surface area contributed by atoms with Crippen LogP contribution >= 0.6 is 23.4 Å². The summed E-state index contributed by atoms with van der Waals surface area (Å²) in [5, 5.41) is 15.1. The number of hydrogen-bond donors (Lipinski definition) is 2. The minimum absolute atomic E-state index is 0.168. The summed E-state index contributed by atoms with van der Waals surface area (Å²) in [7, 11) is 1.57. The molecule has 3 aromatic rings. The Morgan fingerprint density at radius 2 is 2.00 bits per heavy atom. The average Bonchev–Trinajstić information content (AvgIpc) is 3.22. The van der Waals surface area contributed by atoms with Crippen LogP contribution in [0.3, 0.4) is 0 Å². The summed E-state index contributed by atoms with van der Waals surface area (Å²) in [5.41, 5.74) is 1.42. The summed E-state index contributed by atoms with van der Waals surface area (Å²) in [6, 6.07) is 14.4. The van der Waals surface area contributed by atoms with Gasteiger partial charge in [0.15, 0.2) is 11.0 Å². The monoisotopic (exact) mass is 485 g/mol. The predicted octanol–water partition coefficient (Wildman–Crippen LogP) is 4.02. The van der Waals surface area contributed by atoms with Gasteiger partial charge in [0.2, 0.25) is 11.8 Å². The molecule has 0 atom stereocenters. The summed E-state index contributed by atoms with van der Waals surface area (Å²) in [6.45, 7) is 2.77. The van der Waals surface area contributed by atoms with E-state index in [-0.39, 0.29) is 24.1 Å². The van der Waals surface area contributed by atoms with Crippen molar-refractivity contribution in [1.29, 1.82) is 0 Å². The summed E-state index contributed by atoms with van der Waals surface area (Å²) in [5.74, 6) is 1.00. The topological polar surface area (TPSA) is 98.1 Å². The van der Waals surface area contributed by atoms with Gasteiger partial charge < -0.3 is 19.9 Å². The lowest BCUT2D eigenvalue weighted by Gasteiger charge is -2.09. The van der Waals surface area contributed by atoms with Gasteiger partial charge in [-0.1, -0.05) is 47.6 Å². The molecule has 2 N–H and O–H groups in total. The Balaban J connectivity index is 1.53. The molecule has 1 aromatic heterocycles. The van der Waals surface area contributed by atoms with Gasteiger partial charge in [-0.15, -0.1) is 10.2 Å². The Kier molecular flexibility index (Phi) is 8.91. The highest BCUT2D eigenvalue weighted by Gasteiger charge is 2.14. The van der Waals surface area contributed by atoms with Gasteiger partial charge in [0, 0.05) is 29.4 Å². The number of anilines is 1. The fourth-order valence-corrected chi connectivity index (χ4v) is 3.92. The van der Waals surface area contributed by atoms with Crippen LogP contribution in [0.25, 0.3) is 6.08 Å².